The molecular formula is C14H20O4. The molecule has 100 valence electrons. The predicted octanol–water partition coefficient (Wildman–Crippen LogP) is 2.81. The molecule has 0 saturated carbocycles. The van der Waals surface area contributed by atoms with Crippen molar-refractivity contribution in [3.05, 3.63) is 24.3 Å². The first-order valence-corrected chi connectivity index (χ1v) is 5.98. The van der Waals surface area contributed by atoms with Crippen molar-refractivity contribution in [3.8, 4) is 11.5 Å². The van der Waals surface area contributed by atoms with E-state index in [-0.39, 0.29) is 12.6 Å². The smallest absolute Gasteiger partial charge is 0.344 e. The highest BCUT2D eigenvalue weighted by atomic mass is 16.6. The Bertz CT molecular complexity index is 376. The Morgan fingerprint density at radius 1 is 1.06 bits per heavy atom. The molecule has 0 amide bonds. The van der Waals surface area contributed by atoms with Gasteiger partial charge in [-0.15, -0.1) is 0 Å². The van der Waals surface area contributed by atoms with E-state index in [4.69, 9.17) is 14.2 Å². The van der Waals surface area contributed by atoms with Gasteiger partial charge >= 0.3 is 5.97 Å². The molecule has 0 N–H and O–H groups in total. The van der Waals surface area contributed by atoms with Crippen molar-refractivity contribution in [1.82, 2.24) is 0 Å². The van der Waals surface area contributed by atoms with E-state index in [9.17, 15) is 4.79 Å². The SMILES string of the molecule is CCOc1ccc(OCC(=O)OC(C)(C)C)cc1. The summed E-state index contributed by atoms with van der Waals surface area (Å²) in [5, 5.41) is 0. The third-order valence-corrected chi connectivity index (χ3v) is 1.91. The first kappa shape index (κ1) is 14.4. The summed E-state index contributed by atoms with van der Waals surface area (Å²) >= 11 is 0. The Morgan fingerprint density at radius 3 is 2.00 bits per heavy atom. The molecule has 0 aliphatic rings. The molecule has 1 aromatic carbocycles. The molecule has 0 atom stereocenters. The van der Waals surface area contributed by atoms with Crippen molar-refractivity contribution in [2.24, 2.45) is 0 Å². The molecule has 4 nitrogen and oxygen atoms in total. The van der Waals surface area contributed by atoms with Crippen molar-refractivity contribution in [2.75, 3.05) is 13.2 Å². The number of ether oxygens (including phenoxy) is 3. The average molecular weight is 252 g/mol. The monoisotopic (exact) mass is 252 g/mol. The van der Waals surface area contributed by atoms with E-state index in [1.54, 1.807) is 24.3 Å². The fourth-order valence-corrected chi connectivity index (χ4v) is 1.31. The highest BCUT2D eigenvalue weighted by molar-refractivity contribution is 5.71. The number of rotatable bonds is 5. The lowest BCUT2D eigenvalue weighted by Crippen LogP contribution is -2.27. The van der Waals surface area contributed by atoms with Crippen molar-refractivity contribution < 1.29 is 19.0 Å². The fraction of sp³-hybridized carbons (Fsp3) is 0.500. The number of carbonyl (C=O) groups is 1. The molecule has 0 radical (unpaired) electrons. The van der Waals surface area contributed by atoms with Crippen LogP contribution >= 0.6 is 0 Å². The van der Waals surface area contributed by atoms with Crippen LogP contribution in [-0.2, 0) is 9.53 Å². The van der Waals surface area contributed by atoms with Gasteiger partial charge < -0.3 is 14.2 Å². The van der Waals surface area contributed by atoms with Crippen molar-refractivity contribution in [3.63, 3.8) is 0 Å². The van der Waals surface area contributed by atoms with E-state index >= 15 is 0 Å². The van der Waals surface area contributed by atoms with Crippen LogP contribution in [0, 0.1) is 0 Å². The summed E-state index contributed by atoms with van der Waals surface area (Å²) in [6, 6.07) is 7.12. The molecule has 0 unspecified atom stereocenters. The second-order valence-electron chi connectivity index (χ2n) is 4.78. The summed E-state index contributed by atoms with van der Waals surface area (Å²) in [5.74, 6) is 1.02. The molecule has 0 bridgehead atoms. The van der Waals surface area contributed by atoms with Gasteiger partial charge in [-0.1, -0.05) is 0 Å². The summed E-state index contributed by atoms with van der Waals surface area (Å²) in [7, 11) is 0. The Balaban J connectivity index is 2.41. The minimum Gasteiger partial charge on any atom is -0.494 e. The molecule has 4 heteroatoms. The molecule has 0 aliphatic carbocycles. The van der Waals surface area contributed by atoms with Gasteiger partial charge in [0.2, 0.25) is 0 Å². The lowest BCUT2D eigenvalue weighted by molar-refractivity contribution is -0.157. The largest absolute Gasteiger partial charge is 0.494 e. The molecule has 0 aromatic heterocycles. The molecule has 0 fully saturated rings. The lowest BCUT2D eigenvalue weighted by atomic mass is 10.2. The second kappa shape index (κ2) is 6.28. The quantitative estimate of drug-likeness (QED) is 0.756. The number of esters is 1. The number of benzene rings is 1. The number of hydrogen-bond donors (Lipinski definition) is 0. The van der Waals surface area contributed by atoms with Gasteiger partial charge in [0.1, 0.15) is 17.1 Å². The third-order valence-electron chi connectivity index (χ3n) is 1.91. The fourth-order valence-electron chi connectivity index (χ4n) is 1.31. The van der Waals surface area contributed by atoms with E-state index in [0.717, 1.165) is 5.75 Å². The second-order valence-corrected chi connectivity index (χ2v) is 4.78. The minimum atomic E-state index is -0.487. The predicted molar refractivity (Wildman–Crippen MR) is 69.0 cm³/mol. The number of carbonyl (C=O) groups excluding carboxylic acids is 1. The van der Waals surface area contributed by atoms with Gasteiger partial charge in [0.05, 0.1) is 6.61 Å². The normalized spacial score (nSPS) is 10.9. The van der Waals surface area contributed by atoms with E-state index in [2.05, 4.69) is 0 Å². The molecular weight excluding hydrogens is 232 g/mol. The van der Waals surface area contributed by atoms with Crippen molar-refractivity contribution in [2.45, 2.75) is 33.3 Å². The van der Waals surface area contributed by atoms with E-state index in [0.29, 0.717) is 12.4 Å². The summed E-state index contributed by atoms with van der Waals surface area (Å²) < 4.78 is 15.8. The topological polar surface area (TPSA) is 44.8 Å². The summed E-state index contributed by atoms with van der Waals surface area (Å²) in [6.45, 7) is 7.92. The van der Waals surface area contributed by atoms with Crippen LogP contribution in [0.25, 0.3) is 0 Å². The molecule has 0 aliphatic heterocycles. The molecule has 1 rings (SSSR count). The Morgan fingerprint density at radius 2 is 1.56 bits per heavy atom. The van der Waals surface area contributed by atoms with Crippen LogP contribution in [0.5, 0.6) is 11.5 Å². The molecule has 0 spiro atoms. The Labute approximate surface area is 108 Å². The summed E-state index contributed by atoms with van der Waals surface area (Å²) in [5.41, 5.74) is -0.487. The molecule has 18 heavy (non-hydrogen) atoms. The van der Waals surface area contributed by atoms with Gasteiger partial charge in [-0.2, -0.15) is 0 Å². The average Bonchev–Trinajstić information content (AvgIpc) is 2.26. The lowest BCUT2D eigenvalue weighted by Gasteiger charge is -2.19. The molecule has 0 saturated heterocycles. The van der Waals surface area contributed by atoms with Crippen LogP contribution in [0.4, 0.5) is 0 Å². The van der Waals surface area contributed by atoms with Gasteiger partial charge in [0.25, 0.3) is 0 Å². The van der Waals surface area contributed by atoms with Crippen LogP contribution in [-0.4, -0.2) is 24.8 Å². The summed E-state index contributed by atoms with van der Waals surface area (Å²) in [4.78, 5) is 11.4. The van der Waals surface area contributed by atoms with Crippen molar-refractivity contribution >= 4 is 5.97 Å². The number of hydrogen-bond acceptors (Lipinski definition) is 4. The van der Waals surface area contributed by atoms with Gasteiger partial charge in [-0.3, -0.25) is 0 Å². The van der Waals surface area contributed by atoms with E-state index < -0.39 is 5.60 Å². The van der Waals surface area contributed by atoms with Crippen LogP contribution in [0.1, 0.15) is 27.7 Å². The zero-order valence-corrected chi connectivity index (χ0v) is 11.4. The first-order valence-electron chi connectivity index (χ1n) is 5.98. The van der Waals surface area contributed by atoms with Gasteiger partial charge in [-0.25, -0.2) is 4.79 Å². The third kappa shape index (κ3) is 5.57. The zero-order valence-electron chi connectivity index (χ0n) is 11.4. The van der Waals surface area contributed by atoms with Gasteiger partial charge in [0.15, 0.2) is 6.61 Å². The van der Waals surface area contributed by atoms with Gasteiger partial charge in [-0.05, 0) is 52.0 Å². The van der Waals surface area contributed by atoms with Gasteiger partial charge in [0, 0.05) is 0 Å². The maximum absolute atomic E-state index is 11.4. The Kier molecular flexibility index (Phi) is 5.01. The van der Waals surface area contributed by atoms with Crippen LogP contribution in [0.2, 0.25) is 0 Å². The van der Waals surface area contributed by atoms with Crippen molar-refractivity contribution in [1.29, 1.82) is 0 Å². The maximum atomic E-state index is 11.4. The standard InChI is InChI=1S/C14H20O4/c1-5-16-11-6-8-12(9-7-11)17-10-13(15)18-14(2,3)4/h6-9H,5,10H2,1-4H3. The van der Waals surface area contributed by atoms with Crippen LogP contribution in [0.3, 0.4) is 0 Å². The van der Waals surface area contributed by atoms with Crippen LogP contribution < -0.4 is 9.47 Å². The highest BCUT2D eigenvalue weighted by Crippen LogP contribution is 2.17. The van der Waals surface area contributed by atoms with E-state index in [1.807, 2.05) is 27.7 Å². The Hall–Kier alpha value is -1.71. The maximum Gasteiger partial charge on any atom is 0.344 e. The first-order chi connectivity index (χ1) is 8.40. The molecule has 1 aromatic rings. The highest BCUT2D eigenvalue weighted by Gasteiger charge is 2.16. The van der Waals surface area contributed by atoms with Crippen LogP contribution in [0.15, 0.2) is 24.3 Å². The summed E-state index contributed by atoms with van der Waals surface area (Å²) in [6.07, 6.45) is 0. The molecule has 0 heterocycles. The zero-order chi connectivity index (χ0) is 13.6. The van der Waals surface area contributed by atoms with E-state index in [1.165, 1.54) is 0 Å². The minimum absolute atomic E-state index is 0.0920.